The van der Waals surface area contributed by atoms with E-state index in [0.29, 0.717) is 18.7 Å². The molecule has 0 atom stereocenters. The summed E-state index contributed by atoms with van der Waals surface area (Å²) in [6.07, 6.45) is 3.59. The molecule has 0 fully saturated rings. The fourth-order valence-corrected chi connectivity index (χ4v) is 1.06. The van der Waals surface area contributed by atoms with Crippen molar-refractivity contribution in [3.05, 3.63) is 24.0 Å². The Bertz CT molecular complexity index is 299. The van der Waals surface area contributed by atoms with E-state index in [1.807, 2.05) is 0 Å². The maximum Gasteiger partial charge on any atom is 0.151 e. The van der Waals surface area contributed by atoms with Gasteiger partial charge in [0.1, 0.15) is 0 Å². The van der Waals surface area contributed by atoms with Gasteiger partial charge < -0.3 is 11.1 Å². The number of ketones is 1. The number of carbonyl (C=O) groups is 1. The number of hydrogen-bond donors (Lipinski definition) is 2. The molecule has 4 nitrogen and oxygen atoms in total. The van der Waals surface area contributed by atoms with Crippen LogP contribution in [0.2, 0.25) is 0 Å². The first-order valence-corrected chi connectivity index (χ1v) is 4.08. The van der Waals surface area contributed by atoms with Gasteiger partial charge in [-0.05, 0) is 13.1 Å². The molecule has 13 heavy (non-hydrogen) atoms. The molecule has 0 bridgehead atoms. The minimum atomic E-state index is 0.113. The number of aromatic nitrogens is 1. The predicted octanol–water partition coefficient (Wildman–Crippen LogP) is -0.00520. The smallest absolute Gasteiger partial charge is 0.151 e. The molecule has 0 spiro atoms. The molecular weight excluding hydrogens is 166 g/mol. The number of carbonyl (C=O) groups excluding carboxylic acids is 1. The zero-order valence-electron chi connectivity index (χ0n) is 7.58. The summed E-state index contributed by atoms with van der Waals surface area (Å²) in [7, 11) is 1.74. The lowest BCUT2D eigenvalue weighted by atomic mass is 10.1. The summed E-state index contributed by atoms with van der Waals surface area (Å²) in [6.45, 7) is 0.369. The summed E-state index contributed by atoms with van der Waals surface area (Å²) >= 11 is 0. The van der Waals surface area contributed by atoms with E-state index < -0.39 is 0 Å². The highest BCUT2D eigenvalue weighted by molar-refractivity contribution is 5.83. The maximum absolute atomic E-state index is 11.2. The number of hydrogen-bond acceptors (Lipinski definition) is 4. The molecule has 0 aliphatic heterocycles. The van der Waals surface area contributed by atoms with Crippen LogP contribution in [0.5, 0.6) is 0 Å². The number of nitrogens with two attached hydrogens (primary N) is 1. The van der Waals surface area contributed by atoms with E-state index in [0.717, 1.165) is 5.56 Å². The van der Waals surface area contributed by atoms with Gasteiger partial charge in [0.25, 0.3) is 0 Å². The van der Waals surface area contributed by atoms with Crippen LogP contribution in [0.15, 0.2) is 18.5 Å². The Hall–Kier alpha value is -1.42. The first kappa shape index (κ1) is 9.67. The molecule has 0 saturated heterocycles. The SMILES string of the molecule is CNCC(=O)Cc1cnccc1N. The van der Waals surface area contributed by atoms with E-state index >= 15 is 0 Å². The van der Waals surface area contributed by atoms with E-state index in [1.54, 1.807) is 25.5 Å². The van der Waals surface area contributed by atoms with E-state index in [-0.39, 0.29) is 5.78 Å². The Kier molecular flexibility index (Phi) is 3.40. The molecule has 0 aliphatic rings. The summed E-state index contributed by atoms with van der Waals surface area (Å²) in [4.78, 5) is 15.1. The zero-order chi connectivity index (χ0) is 9.68. The zero-order valence-corrected chi connectivity index (χ0v) is 7.58. The molecule has 0 amide bonds. The van der Waals surface area contributed by atoms with Crippen LogP contribution < -0.4 is 11.1 Å². The fourth-order valence-electron chi connectivity index (χ4n) is 1.06. The lowest BCUT2D eigenvalue weighted by Crippen LogP contribution is -2.20. The topological polar surface area (TPSA) is 68.0 Å². The van der Waals surface area contributed by atoms with Crippen LogP contribution >= 0.6 is 0 Å². The van der Waals surface area contributed by atoms with Crippen LogP contribution in [0.25, 0.3) is 0 Å². The molecule has 4 heteroatoms. The molecule has 0 unspecified atom stereocenters. The van der Waals surface area contributed by atoms with Crippen molar-refractivity contribution in [1.29, 1.82) is 0 Å². The van der Waals surface area contributed by atoms with Crippen molar-refractivity contribution in [1.82, 2.24) is 10.3 Å². The monoisotopic (exact) mass is 179 g/mol. The fraction of sp³-hybridized carbons (Fsp3) is 0.333. The standard InChI is InChI=1S/C9H13N3O/c1-11-6-8(13)4-7-5-12-3-2-9(7)10/h2-3,5,11H,4,6H2,1H3,(H2,10,12). The Balaban J connectivity index is 2.63. The average Bonchev–Trinajstić information content (AvgIpc) is 2.09. The van der Waals surface area contributed by atoms with Gasteiger partial charge >= 0.3 is 0 Å². The highest BCUT2D eigenvalue weighted by atomic mass is 16.1. The van der Waals surface area contributed by atoms with E-state index in [2.05, 4.69) is 10.3 Å². The Morgan fingerprint density at radius 2 is 2.46 bits per heavy atom. The number of rotatable bonds is 4. The number of nitrogen functional groups attached to an aromatic ring is 1. The highest BCUT2D eigenvalue weighted by Gasteiger charge is 2.04. The quantitative estimate of drug-likeness (QED) is 0.682. The Morgan fingerprint density at radius 3 is 3.08 bits per heavy atom. The molecule has 0 saturated carbocycles. The molecule has 3 N–H and O–H groups in total. The van der Waals surface area contributed by atoms with Crippen LogP contribution in [0, 0.1) is 0 Å². The third-order valence-electron chi connectivity index (χ3n) is 1.70. The van der Waals surface area contributed by atoms with Gasteiger partial charge in [-0.3, -0.25) is 9.78 Å². The summed E-state index contributed by atoms with van der Waals surface area (Å²) < 4.78 is 0. The van der Waals surface area contributed by atoms with Gasteiger partial charge in [0.2, 0.25) is 0 Å². The first-order chi connectivity index (χ1) is 6.24. The molecule has 1 aromatic heterocycles. The summed E-state index contributed by atoms with van der Waals surface area (Å²) in [5.74, 6) is 0.113. The summed E-state index contributed by atoms with van der Waals surface area (Å²) in [5, 5.41) is 2.80. The molecular formula is C9H13N3O. The lowest BCUT2D eigenvalue weighted by Gasteiger charge is -2.02. The molecule has 0 aromatic carbocycles. The van der Waals surface area contributed by atoms with Gasteiger partial charge in [0.05, 0.1) is 6.54 Å². The van der Waals surface area contributed by atoms with Gasteiger partial charge in [-0.25, -0.2) is 0 Å². The third-order valence-corrected chi connectivity index (χ3v) is 1.70. The van der Waals surface area contributed by atoms with Crippen molar-refractivity contribution < 1.29 is 4.79 Å². The van der Waals surface area contributed by atoms with Crippen LogP contribution in [-0.2, 0) is 11.2 Å². The minimum Gasteiger partial charge on any atom is -0.398 e. The predicted molar refractivity (Wildman–Crippen MR) is 51.3 cm³/mol. The molecule has 0 radical (unpaired) electrons. The van der Waals surface area contributed by atoms with Crippen molar-refractivity contribution in [3.63, 3.8) is 0 Å². The maximum atomic E-state index is 11.2. The number of Topliss-reactive ketones (excluding diaryl/α,β-unsaturated/α-hetero) is 1. The average molecular weight is 179 g/mol. The van der Waals surface area contributed by atoms with Crippen molar-refractivity contribution in [2.75, 3.05) is 19.3 Å². The van der Waals surface area contributed by atoms with Gasteiger partial charge in [-0.1, -0.05) is 0 Å². The van der Waals surface area contributed by atoms with Crippen molar-refractivity contribution >= 4 is 11.5 Å². The normalized spacial score (nSPS) is 9.92. The largest absolute Gasteiger partial charge is 0.398 e. The number of pyridine rings is 1. The summed E-state index contributed by atoms with van der Waals surface area (Å²) in [5.41, 5.74) is 7.07. The number of likely N-dealkylation sites (N-methyl/N-ethyl adjacent to an activating group) is 1. The van der Waals surface area contributed by atoms with E-state index in [1.165, 1.54) is 0 Å². The highest BCUT2D eigenvalue weighted by Crippen LogP contribution is 2.08. The minimum absolute atomic E-state index is 0.113. The van der Waals surface area contributed by atoms with Crippen molar-refractivity contribution in [2.24, 2.45) is 0 Å². The second kappa shape index (κ2) is 4.57. The van der Waals surface area contributed by atoms with Gasteiger partial charge in [0.15, 0.2) is 5.78 Å². The van der Waals surface area contributed by atoms with Gasteiger partial charge in [-0.2, -0.15) is 0 Å². The summed E-state index contributed by atoms with van der Waals surface area (Å²) in [6, 6.07) is 1.70. The third kappa shape index (κ3) is 2.83. The molecule has 70 valence electrons. The number of anilines is 1. The molecule has 1 aromatic rings. The van der Waals surface area contributed by atoms with E-state index in [4.69, 9.17) is 5.73 Å². The Morgan fingerprint density at radius 1 is 1.69 bits per heavy atom. The first-order valence-electron chi connectivity index (χ1n) is 4.08. The van der Waals surface area contributed by atoms with Crippen LogP contribution in [0.4, 0.5) is 5.69 Å². The molecule has 1 heterocycles. The van der Waals surface area contributed by atoms with Gasteiger partial charge in [0, 0.05) is 30.1 Å². The number of nitrogens with one attached hydrogen (secondary N) is 1. The lowest BCUT2D eigenvalue weighted by molar-refractivity contribution is -0.117. The Labute approximate surface area is 77.2 Å². The van der Waals surface area contributed by atoms with E-state index in [9.17, 15) is 4.79 Å². The molecule has 0 aliphatic carbocycles. The second-order valence-electron chi connectivity index (χ2n) is 2.82. The van der Waals surface area contributed by atoms with Crippen molar-refractivity contribution in [3.8, 4) is 0 Å². The molecule has 1 rings (SSSR count). The van der Waals surface area contributed by atoms with Crippen LogP contribution in [0.1, 0.15) is 5.56 Å². The van der Waals surface area contributed by atoms with Crippen LogP contribution in [0.3, 0.4) is 0 Å². The van der Waals surface area contributed by atoms with Gasteiger partial charge in [-0.15, -0.1) is 0 Å². The second-order valence-corrected chi connectivity index (χ2v) is 2.82. The van der Waals surface area contributed by atoms with Crippen LogP contribution in [-0.4, -0.2) is 24.4 Å². The number of nitrogens with zero attached hydrogens (tertiary/aromatic N) is 1. The van der Waals surface area contributed by atoms with Crippen molar-refractivity contribution in [2.45, 2.75) is 6.42 Å².